The Balaban J connectivity index is 1.92. The average molecular weight is 291 g/mol. The molecule has 1 aromatic heterocycles. The molecule has 0 unspecified atom stereocenters. The summed E-state index contributed by atoms with van der Waals surface area (Å²) in [5.41, 5.74) is 16.4. The van der Waals surface area contributed by atoms with E-state index in [0.29, 0.717) is 0 Å². The minimum absolute atomic E-state index is 0.891. The molecular weight excluding hydrogens is 274 g/mol. The second-order valence-electron chi connectivity index (χ2n) is 5.87. The third kappa shape index (κ3) is 1.90. The third-order valence-electron chi connectivity index (χ3n) is 4.32. The van der Waals surface area contributed by atoms with Gasteiger partial charge in [0.2, 0.25) is 0 Å². The number of nitrogens with two attached hydrogens (primary N) is 1. The molecule has 3 aromatic rings. The molecule has 0 atom stereocenters. The van der Waals surface area contributed by atoms with Crippen molar-refractivity contribution in [3.05, 3.63) is 64.0 Å². The van der Waals surface area contributed by atoms with Crippen molar-refractivity contribution in [3.63, 3.8) is 0 Å². The van der Waals surface area contributed by atoms with Gasteiger partial charge in [-0.15, -0.1) is 11.3 Å². The predicted octanol–water partition coefficient (Wildman–Crippen LogP) is 5.19. The first kappa shape index (κ1) is 12.7. The lowest BCUT2D eigenvalue weighted by molar-refractivity contribution is 1.26. The molecule has 2 aromatic carbocycles. The second-order valence-corrected chi connectivity index (χ2v) is 6.75. The lowest BCUT2D eigenvalue weighted by Crippen LogP contribution is -1.92. The molecule has 4 rings (SSSR count). The molecule has 2 heteroatoms. The van der Waals surface area contributed by atoms with E-state index in [1.165, 1.54) is 43.8 Å². The van der Waals surface area contributed by atoms with Gasteiger partial charge in [0, 0.05) is 16.1 Å². The minimum atomic E-state index is 0.891. The van der Waals surface area contributed by atoms with E-state index in [-0.39, 0.29) is 0 Å². The SMILES string of the molecule is Cc1ccc(-c2scc3c2-c2cc(N)c(C)cc2C3)cc1. The molecule has 0 saturated carbocycles. The maximum atomic E-state index is 6.13. The van der Waals surface area contributed by atoms with E-state index in [1.807, 2.05) is 11.3 Å². The van der Waals surface area contributed by atoms with Crippen LogP contribution in [0.2, 0.25) is 0 Å². The molecule has 0 bridgehead atoms. The molecule has 0 saturated heterocycles. The summed E-state index contributed by atoms with van der Waals surface area (Å²) in [6.45, 7) is 4.21. The number of hydrogen-bond donors (Lipinski definition) is 1. The zero-order chi connectivity index (χ0) is 14.6. The molecule has 1 aliphatic rings. The molecule has 21 heavy (non-hydrogen) atoms. The first-order valence-electron chi connectivity index (χ1n) is 7.20. The van der Waals surface area contributed by atoms with Crippen LogP contribution in [0, 0.1) is 13.8 Å². The molecule has 0 radical (unpaired) electrons. The highest BCUT2D eigenvalue weighted by atomic mass is 32.1. The van der Waals surface area contributed by atoms with E-state index in [9.17, 15) is 0 Å². The quantitative estimate of drug-likeness (QED) is 0.480. The molecule has 1 aliphatic carbocycles. The van der Waals surface area contributed by atoms with Crippen LogP contribution in [-0.4, -0.2) is 0 Å². The van der Waals surface area contributed by atoms with Crippen molar-refractivity contribution in [1.29, 1.82) is 0 Å². The Hall–Kier alpha value is -2.06. The van der Waals surface area contributed by atoms with E-state index in [2.05, 4.69) is 55.6 Å². The van der Waals surface area contributed by atoms with Crippen molar-refractivity contribution in [2.24, 2.45) is 0 Å². The zero-order valence-corrected chi connectivity index (χ0v) is 13.1. The van der Waals surface area contributed by atoms with Gasteiger partial charge in [-0.05, 0) is 59.5 Å². The summed E-state index contributed by atoms with van der Waals surface area (Å²) in [6.07, 6.45) is 1.04. The number of fused-ring (bicyclic) bond motifs is 3. The van der Waals surface area contributed by atoms with Crippen LogP contribution in [0.5, 0.6) is 0 Å². The van der Waals surface area contributed by atoms with Crippen LogP contribution in [0.3, 0.4) is 0 Å². The summed E-state index contributed by atoms with van der Waals surface area (Å²) >= 11 is 1.84. The molecule has 0 amide bonds. The maximum absolute atomic E-state index is 6.13. The smallest absolute Gasteiger partial charge is 0.0424 e. The van der Waals surface area contributed by atoms with E-state index >= 15 is 0 Å². The van der Waals surface area contributed by atoms with Gasteiger partial charge in [-0.2, -0.15) is 0 Å². The fourth-order valence-corrected chi connectivity index (χ4v) is 4.20. The van der Waals surface area contributed by atoms with Gasteiger partial charge in [-0.25, -0.2) is 0 Å². The van der Waals surface area contributed by atoms with E-state index < -0.39 is 0 Å². The van der Waals surface area contributed by atoms with E-state index in [0.717, 1.165) is 12.1 Å². The molecule has 0 aliphatic heterocycles. The monoisotopic (exact) mass is 291 g/mol. The summed E-state index contributed by atoms with van der Waals surface area (Å²) in [5, 5.41) is 2.30. The Morgan fingerprint density at radius 2 is 1.76 bits per heavy atom. The molecule has 0 spiro atoms. The van der Waals surface area contributed by atoms with Crippen molar-refractivity contribution in [1.82, 2.24) is 0 Å². The van der Waals surface area contributed by atoms with Crippen LogP contribution < -0.4 is 5.73 Å². The highest BCUT2D eigenvalue weighted by Gasteiger charge is 2.24. The fraction of sp³-hybridized carbons (Fsp3) is 0.158. The van der Waals surface area contributed by atoms with Gasteiger partial charge in [0.25, 0.3) is 0 Å². The minimum Gasteiger partial charge on any atom is -0.398 e. The highest BCUT2D eigenvalue weighted by molar-refractivity contribution is 7.14. The lowest BCUT2D eigenvalue weighted by Gasteiger charge is -2.08. The Labute approximate surface area is 129 Å². The number of nitrogen functional groups attached to an aromatic ring is 1. The number of benzene rings is 2. The third-order valence-corrected chi connectivity index (χ3v) is 5.40. The number of rotatable bonds is 1. The Morgan fingerprint density at radius 3 is 2.52 bits per heavy atom. The van der Waals surface area contributed by atoms with Crippen LogP contribution in [0.15, 0.2) is 41.8 Å². The van der Waals surface area contributed by atoms with Gasteiger partial charge in [-0.1, -0.05) is 35.9 Å². The average Bonchev–Trinajstić information content (AvgIpc) is 3.00. The van der Waals surface area contributed by atoms with E-state index in [4.69, 9.17) is 5.73 Å². The topological polar surface area (TPSA) is 26.0 Å². The molecule has 1 nitrogen and oxygen atoms in total. The predicted molar refractivity (Wildman–Crippen MR) is 91.9 cm³/mol. The largest absolute Gasteiger partial charge is 0.398 e. The van der Waals surface area contributed by atoms with E-state index in [1.54, 1.807) is 0 Å². The van der Waals surface area contributed by atoms with Crippen LogP contribution in [0.1, 0.15) is 22.3 Å². The summed E-state index contributed by atoms with van der Waals surface area (Å²) in [7, 11) is 0. The molecule has 1 heterocycles. The fourth-order valence-electron chi connectivity index (χ4n) is 3.11. The van der Waals surface area contributed by atoms with Gasteiger partial charge < -0.3 is 5.73 Å². The number of hydrogen-bond acceptors (Lipinski definition) is 2. The zero-order valence-electron chi connectivity index (χ0n) is 12.2. The molecule has 0 fully saturated rings. The van der Waals surface area contributed by atoms with Crippen molar-refractivity contribution < 1.29 is 0 Å². The second kappa shape index (κ2) is 4.47. The van der Waals surface area contributed by atoms with Gasteiger partial charge >= 0.3 is 0 Å². The first-order chi connectivity index (χ1) is 10.1. The standard InChI is InChI=1S/C19H17NS/c1-11-3-5-13(6-4-11)19-18-15(10-21-19)8-14-7-12(2)17(20)9-16(14)18/h3-7,9-10H,8,20H2,1-2H3. The number of thiophene rings is 1. The normalized spacial score (nSPS) is 12.3. The number of anilines is 1. The summed E-state index contributed by atoms with van der Waals surface area (Å²) < 4.78 is 0. The van der Waals surface area contributed by atoms with Gasteiger partial charge in [0.15, 0.2) is 0 Å². The Kier molecular flexibility index (Phi) is 2.69. The van der Waals surface area contributed by atoms with Gasteiger partial charge in [0.1, 0.15) is 0 Å². The van der Waals surface area contributed by atoms with Crippen molar-refractivity contribution >= 4 is 17.0 Å². The molecule has 2 N–H and O–H groups in total. The maximum Gasteiger partial charge on any atom is 0.0424 e. The van der Waals surface area contributed by atoms with Gasteiger partial charge in [0.05, 0.1) is 0 Å². The number of aryl methyl sites for hydroxylation is 2. The Morgan fingerprint density at radius 1 is 1.00 bits per heavy atom. The first-order valence-corrected chi connectivity index (χ1v) is 8.08. The molecular formula is C19H17NS. The highest BCUT2D eigenvalue weighted by Crippen LogP contribution is 2.47. The van der Waals surface area contributed by atoms with Crippen LogP contribution in [0.4, 0.5) is 5.69 Å². The summed E-state index contributed by atoms with van der Waals surface area (Å²) in [5.74, 6) is 0. The van der Waals surface area contributed by atoms with Crippen LogP contribution in [-0.2, 0) is 6.42 Å². The summed E-state index contributed by atoms with van der Waals surface area (Å²) in [6, 6.07) is 13.2. The summed E-state index contributed by atoms with van der Waals surface area (Å²) in [4.78, 5) is 1.37. The molecule has 104 valence electrons. The van der Waals surface area contributed by atoms with Gasteiger partial charge in [-0.3, -0.25) is 0 Å². The Bertz CT molecular complexity index is 841. The van der Waals surface area contributed by atoms with Crippen molar-refractivity contribution in [2.75, 3.05) is 5.73 Å². The van der Waals surface area contributed by atoms with Crippen LogP contribution >= 0.6 is 11.3 Å². The lowest BCUT2D eigenvalue weighted by atomic mass is 10.00. The van der Waals surface area contributed by atoms with Crippen molar-refractivity contribution in [3.8, 4) is 21.6 Å². The van der Waals surface area contributed by atoms with Crippen molar-refractivity contribution in [2.45, 2.75) is 20.3 Å². The van der Waals surface area contributed by atoms with Crippen LogP contribution in [0.25, 0.3) is 21.6 Å².